The van der Waals surface area contributed by atoms with E-state index in [9.17, 15) is 14.7 Å². The Bertz CT molecular complexity index is 875. The first kappa shape index (κ1) is 19.2. The number of aliphatic hydroxyl groups is 1. The SMILES string of the molecule is CC1C(=O)N(NN[C@](O)(C=O)C(C)(C)C)c2ccccc2-c2ccccc21. The van der Waals surface area contributed by atoms with Crippen molar-refractivity contribution in [2.45, 2.75) is 39.3 Å². The highest BCUT2D eigenvalue weighted by molar-refractivity contribution is 6.04. The summed E-state index contributed by atoms with van der Waals surface area (Å²) in [4.78, 5) is 24.7. The Morgan fingerprint density at radius 3 is 2.26 bits per heavy atom. The van der Waals surface area contributed by atoms with Crippen LogP contribution >= 0.6 is 0 Å². The van der Waals surface area contributed by atoms with Gasteiger partial charge in [-0.2, -0.15) is 5.53 Å². The third-order valence-electron chi connectivity index (χ3n) is 5.13. The summed E-state index contributed by atoms with van der Waals surface area (Å²) >= 11 is 0. The summed E-state index contributed by atoms with van der Waals surface area (Å²) in [5, 5.41) is 12.0. The molecule has 2 aromatic carbocycles. The Labute approximate surface area is 159 Å². The summed E-state index contributed by atoms with van der Waals surface area (Å²) in [5.41, 5.74) is 6.24. The summed E-state index contributed by atoms with van der Waals surface area (Å²) in [7, 11) is 0. The van der Waals surface area contributed by atoms with Crippen molar-refractivity contribution in [2.75, 3.05) is 5.01 Å². The zero-order valence-corrected chi connectivity index (χ0v) is 16.0. The van der Waals surface area contributed by atoms with E-state index in [1.165, 1.54) is 5.01 Å². The number of amides is 1. The third-order valence-corrected chi connectivity index (χ3v) is 5.13. The Balaban J connectivity index is 2.04. The van der Waals surface area contributed by atoms with Crippen LogP contribution in [0.15, 0.2) is 48.5 Å². The molecule has 0 radical (unpaired) electrons. The van der Waals surface area contributed by atoms with E-state index < -0.39 is 17.1 Å². The van der Waals surface area contributed by atoms with Gasteiger partial charge in [-0.3, -0.25) is 9.59 Å². The normalized spacial score (nSPS) is 18.9. The molecule has 6 heteroatoms. The molecule has 0 saturated carbocycles. The summed E-state index contributed by atoms with van der Waals surface area (Å²) < 4.78 is 0. The second-order valence-corrected chi connectivity index (χ2v) is 7.87. The standard InChI is InChI=1S/C21H25N3O3/c1-14-15-9-5-6-10-16(15)17-11-7-8-12-18(17)24(19(14)26)23-22-21(27,13-25)20(2,3)4/h5-14,22-23,27H,1-4H3/t14?,21-/m0/s1. The lowest BCUT2D eigenvalue weighted by molar-refractivity contribution is -0.145. The van der Waals surface area contributed by atoms with Gasteiger partial charge in [0.05, 0.1) is 11.6 Å². The number of carbonyl (C=O) groups is 2. The van der Waals surface area contributed by atoms with Crippen molar-refractivity contribution < 1.29 is 14.7 Å². The first-order valence-electron chi connectivity index (χ1n) is 8.93. The van der Waals surface area contributed by atoms with Gasteiger partial charge in [0.1, 0.15) is 0 Å². The number of nitrogens with zero attached hydrogens (tertiary/aromatic N) is 1. The number of benzene rings is 2. The molecule has 0 bridgehead atoms. The molecule has 0 spiro atoms. The van der Waals surface area contributed by atoms with Crippen LogP contribution in [-0.4, -0.2) is 23.0 Å². The summed E-state index contributed by atoms with van der Waals surface area (Å²) in [6.07, 6.45) is 0.437. The molecule has 1 aliphatic rings. The van der Waals surface area contributed by atoms with Gasteiger partial charge in [-0.15, -0.1) is 0 Å². The molecule has 0 aromatic heterocycles. The maximum Gasteiger partial charge on any atom is 0.249 e. The minimum atomic E-state index is -1.86. The molecule has 3 N–H and O–H groups in total. The van der Waals surface area contributed by atoms with E-state index in [4.69, 9.17) is 0 Å². The first-order valence-corrected chi connectivity index (χ1v) is 8.93. The average Bonchev–Trinajstić information content (AvgIpc) is 2.74. The van der Waals surface area contributed by atoms with Crippen molar-refractivity contribution in [3.63, 3.8) is 0 Å². The van der Waals surface area contributed by atoms with Gasteiger partial charge in [0.15, 0.2) is 12.0 Å². The number of hydrogen-bond acceptors (Lipinski definition) is 5. The number of hydrogen-bond donors (Lipinski definition) is 3. The number of fused-ring (bicyclic) bond motifs is 3. The van der Waals surface area contributed by atoms with E-state index in [0.717, 1.165) is 16.7 Å². The van der Waals surface area contributed by atoms with Crippen LogP contribution in [0.1, 0.15) is 39.2 Å². The number of anilines is 1. The van der Waals surface area contributed by atoms with Gasteiger partial charge >= 0.3 is 0 Å². The average molecular weight is 367 g/mol. The van der Waals surface area contributed by atoms with Crippen molar-refractivity contribution in [1.82, 2.24) is 11.0 Å². The van der Waals surface area contributed by atoms with Crippen molar-refractivity contribution in [3.05, 3.63) is 54.1 Å². The van der Waals surface area contributed by atoms with Crippen LogP contribution < -0.4 is 16.0 Å². The van der Waals surface area contributed by atoms with Gasteiger partial charge < -0.3 is 5.11 Å². The fourth-order valence-corrected chi connectivity index (χ4v) is 3.11. The highest BCUT2D eigenvalue weighted by Gasteiger charge is 2.41. The lowest BCUT2D eigenvalue weighted by Gasteiger charge is -2.38. The second-order valence-electron chi connectivity index (χ2n) is 7.87. The number of nitrogens with one attached hydrogen (secondary N) is 2. The fourth-order valence-electron chi connectivity index (χ4n) is 3.11. The Morgan fingerprint density at radius 1 is 1.04 bits per heavy atom. The summed E-state index contributed by atoms with van der Waals surface area (Å²) in [6.45, 7) is 7.03. The number of hydrazine groups is 2. The zero-order chi connectivity index (χ0) is 19.8. The van der Waals surface area contributed by atoms with Crippen LogP contribution in [0.25, 0.3) is 11.1 Å². The van der Waals surface area contributed by atoms with Gasteiger partial charge in [-0.25, -0.2) is 10.4 Å². The summed E-state index contributed by atoms with van der Waals surface area (Å²) in [5.74, 6) is -0.594. The lowest BCUT2D eigenvalue weighted by atomic mass is 9.84. The van der Waals surface area contributed by atoms with Gasteiger partial charge in [-0.1, -0.05) is 63.2 Å². The van der Waals surface area contributed by atoms with Gasteiger partial charge in [-0.05, 0) is 24.1 Å². The van der Waals surface area contributed by atoms with Crippen molar-refractivity contribution >= 4 is 17.9 Å². The molecule has 1 amide bonds. The molecule has 1 unspecified atom stereocenters. The second kappa shape index (κ2) is 6.88. The minimum Gasteiger partial charge on any atom is -0.368 e. The van der Waals surface area contributed by atoms with Crippen LogP contribution in [0.3, 0.4) is 0 Å². The molecule has 1 aliphatic heterocycles. The molecular weight excluding hydrogens is 342 g/mol. The Kier molecular flexibility index (Phi) is 4.90. The minimum absolute atomic E-state index is 0.193. The lowest BCUT2D eigenvalue weighted by Crippen LogP contribution is -2.65. The first-order chi connectivity index (χ1) is 12.7. The largest absolute Gasteiger partial charge is 0.368 e. The predicted molar refractivity (Wildman–Crippen MR) is 105 cm³/mol. The molecular formula is C21H25N3O3. The highest BCUT2D eigenvalue weighted by atomic mass is 16.3. The van der Waals surface area contributed by atoms with E-state index in [1.54, 1.807) is 20.8 Å². The topological polar surface area (TPSA) is 81.7 Å². The van der Waals surface area contributed by atoms with Crippen LogP contribution in [0.2, 0.25) is 0 Å². The van der Waals surface area contributed by atoms with Crippen LogP contribution in [-0.2, 0) is 9.59 Å². The molecule has 2 atom stereocenters. The van der Waals surface area contributed by atoms with Crippen molar-refractivity contribution in [2.24, 2.45) is 5.41 Å². The Hall–Kier alpha value is -2.54. The number of rotatable bonds is 4. The van der Waals surface area contributed by atoms with E-state index in [1.807, 2.05) is 55.5 Å². The molecule has 142 valence electrons. The van der Waals surface area contributed by atoms with Gasteiger partial charge in [0.25, 0.3) is 0 Å². The van der Waals surface area contributed by atoms with Crippen LogP contribution in [0, 0.1) is 5.41 Å². The number of aldehydes is 1. The molecule has 2 aromatic rings. The molecule has 0 saturated heterocycles. The smallest absolute Gasteiger partial charge is 0.249 e. The van der Waals surface area contributed by atoms with Crippen molar-refractivity contribution in [1.29, 1.82) is 0 Å². The molecule has 27 heavy (non-hydrogen) atoms. The zero-order valence-electron chi connectivity index (χ0n) is 16.0. The molecule has 0 aliphatic carbocycles. The van der Waals surface area contributed by atoms with E-state index in [0.29, 0.717) is 12.0 Å². The van der Waals surface area contributed by atoms with Crippen molar-refractivity contribution in [3.8, 4) is 11.1 Å². The maximum atomic E-state index is 13.2. The molecule has 1 heterocycles. The number of para-hydroxylation sites is 1. The highest BCUT2D eigenvalue weighted by Crippen LogP contribution is 2.40. The van der Waals surface area contributed by atoms with Gasteiger partial charge in [0.2, 0.25) is 5.91 Å². The quantitative estimate of drug-likeness (QED) is 0.440. The predicted octanol–water partition coefficient (Wildman–Crippen LogP) is 2.75. The van der Waals surface area contributed by atoms with E-state index in [-0.39, 0.29) is 5.91 Å². The summed E-state index contributed by atoms with van der Waals surface area (Å²) in [6, 6.07) is 15.3. The van der Waals surface area contributed by atoms with Crippen LogP contribution in [0.5, 0.6) is 0 Å². The third kappa shape index (κ3) is 3.27. The Morgan fingerprint density at radius 2 is 1.63 bits per heavy atom. The molecule has 0 fully saturated rings. The molecule has 3 rings (SSSR count). The van der Waals surface area contributed by atoms with E-state index >= 15 is 0 Å². The monoisotopic (exact) mass is 367 g/mol. The van der Waals surface area contributed by atoms with E-state index in [2.05, 4.69) is 11.0 Å². The fraction of sp³-hybridized carbons (Fsp3) is 0.333. The number of carbonyl (C=O) groups excluding carboxylic acids is 2. The van der Waals surface area contributed by atoms with Gasteiger partial charge in [0, 0.05) is 11.0 Å². The molecule has 6 nitrogen and oxygen atoms in total. The maximum absolute atomic E-state index is 13.2. The van der Waals surface area contributed by atoms with Crippen LogP contribution in [0.4, 0.5) is 5.69 Å².